The van der Waals surface area contributed by atoms with Crippen LogP contribution in [0.2, 0.25) is 0 Å². The molecular weight excluding hydrogens is 671 g/mol. The van der Waals surface area contributed by atoms with Gasteiger partial charge >= 0.3 is 77.0 Å². The number of rotatable bonds is 3. The molecule has 0 N–H and O–H groups in total. The zero-order valence-corrected chi connectivity index (χ0v) is 19.2. The first-order valence-corrected chi connectivity index (χ1v) is 10.9. The maximum Gasteiger partial charge on any atom is 0.0311 e. The van der Waals surface area contributed by atoms with Gasteiger partial charge in [0.2, 0.25) is 0 Å². The van der Waals surface area contributed by atoms with Gasteiger partial charge in [-0.15, -0.1) is 0 Å². The number of aryl methyl sites for hydroxylation is 1. The molecule has 2 saturated carbocycles. The predicted molar refractivity (Wildman–Crippen MR) is 101 cm³/mol. The van der Waals surface area contributed by atoms with Crippen LogP contribution in [0.3, 0.4) is 0 Å². The standard InChI is InChI=1S/C8H12N2.C7H13I2N.Pt/c1-9-4-5-10(7-9)6-8-2-3-8;8-10(9)7-5-3-1-2-4-6-7;/h4-5,8H,2-3,6H2,1H3;7H,1-6H2;. The maximum absolute atomic E-state index is 2.40. The Kier molecular flexibility index (Phi) is 8.50. The van der Waals surface area contributed by atoms with Crippen LogP contribution in [0.1, 0.15) is 51.4 Å². The molecule has 0 amide bonds. The Bertz CT molecular complexity index is 472. The van der Waals surface area contributed by atoms with Crippen LogP contribution >= 0.6 is 45.7 Å². The topological polar surface area (TPSA) is 13.1 Å². The summed E-state index contributed by atoms with van der Waals surface area (Å²) in [5, 5.41) is 0. The summed E-state index contributed by atoms with van der Waals surface area (Å²) < 4.78 is 8.14. The summed E-state index contributed by atoms with van der Waals surface area (Å²) in [6, 6.07) is 0.851. The molecule has 3 nitrogen and oxygen atoms in total. The molecule has 0 aliphatic heterocycles. The van der Waals surface area contributed by atoms with E-state index in [4.69, 9.17) is 0 Å². The van der Waals surface area contributed by atoms with E-state index in [1.807, 2.05) is 0 Å². The van der Waals surface area contributed by atoms with Gasteiger partial charge in [0.15, 0.2) is 0 Å². The number of nitrogens with zero attached hydrogens (tertiary/aromatic N) is 3. The molecule has 1 aromatic rings. The first-order valence-electron chi connectivity index (χ1n) is 7.86. The SMILES string of the molecule is Cn1ccn(CC2CC2)[c]1=[Pt].IN(I)C1CCCCCC1. The van der Waals surface area contributed by atoms with Gasteiger partial charge in [0.1, 0.15) is 0 Å². The molecule has 0 bridgehead atoms. The van der Waals surface area contributed by atoms with E-state index in [0.29, 0.717) is 0 Å². The molecule has 2 aliphatic carbocycles. The zero-order chi connectivity index (χ0) is 15.2. The van der Waals surface area contributed by atoms with Gasteiger partial charge in [-0.25, -0.2) is 0 Å². The van der Waals surface area contributed by atoms with Crippen LogP contribution in [-0.4, -0.2) is 16.5 Å². The van der Waals surface area contributed by atoms with Gasteiger partial charge in [-0.2, -0.15) is 1.33 Å². The van der Waals surface area contributed by atoms with Gasteiger partial charge in [-0.05, 0) is 12.8 Å². The normalized spacial score (nSPS) is 20.1. The van der Waals surface area contributed by atoms with Crippen molar-refractivity contribution in [3.63, 3.8) is 0 Å². The van der Waals surface area contributed by atoms with Gasteiger partial charge in [-0.3, -0.25) is 0 Å². The number of hydrogen-bond acceptors (Lipinski definition) is 1. The van der Waals surface area contributed by atoms with E-state index in [-0.39, 0.29) is 0 Å². The first-order chi connectivity index (χ1) is 10.1. The molecule has 0 atom stereocenters. The van der Waals surface area contributed by atoms with Crippen molar-refractivity contribution < 1.29 is 19.4 Å². The Morgan fingerprint density at radius 3 is 2.14 bits per heavy atom. The van der Waals surface area contributed by atoms with Gasteiger partial charge in [-0.1, -0.05) is 25.7 Å². The molecule has 3 rings (SSSR count). The van der Waals surface area contributed by atoms with E-state index in [9.17, 15) is 0 Å². The Morgan fingerprint density at radius 1 is 1.10 bits per heavy atom. The second-order valence-corrected chi connectivity index (χ2v) is 11.1. The van der Waals surface area contributed by atoms with Crippen molar-refractivity contribution >= 4 is 45.7 Å². The summed E-state index contributed by atoms with van der Waals surface area (Å²) in [6.07, 6.45) is 15.7. The molecule has 0 radical (unpaired) electrons. The monoisotopic (exact) mass is 696 g/mol. The summed E-state index contributed by atoms with van der Waals surface area (Å²) in [5.41, 5.74) is 0. The first kappa shape index (κ1) is 18.7. The summed E-state index contributed by atoms with van der Waals surface area (Å²) in [4.78, 5) is 0. The van der Waals surface area contributed by atoms with Crippen LogP contribution in [-0.2, 0) is 32.9 Å². The molecule has 6 heteroatoms. The van der Waals surface area contributed by atoms with Crippen LogP contribution < -0.4 is 0 Å². The summed E-state index contributed by atoms with van der Waals surface area (Å²) >= 11 is 7.17. The zero-order valence-electron chi connectivity index (χ0n) is 12.6. The smallest absolute Gasteiger partial charge is 0.0311 e. The Morgan fingerprint density at radius 2 is 1.71 bits per heavy atom. The summed E-state index contributed by atoms with van der Waals surface area (Å²) in [6.45, 7) is 1.22. The second-order valence-electron chi connectivity index (χ2n) is 6.15. The molecular formula is C15H25I2N3Pt. The molecule has 2 fully saturated rings. The molecule has 0 unspecified atom stereocenters. The van der Waals surface area contributed by atoms with Gasteiger partial charge in [0, 0.05) is 51.8 Å². The van der Waals surface area contributed by atoms with Crippen molar-refractivity contribution in [2.24, 2.45) is 13.0 Å². The van der Waals surface area contributed by atoms with E-state index in [1.54, 1.807) is 0 Å². The minimum Gasteiger partial charge on any atom is -0.185 e. The fraction of sp³-hybridized carbons (Fsp3) is 0.800. The summed E-state index contributed by atoms with van der Waals surface area (Å²) in [5.74, 6) is 0.969. The molecule has 124 valence electrons. The van der Waals surface area contributed by atoms with Crippen LogP contribution in [0, 0.1) is 9.72 Å². The van der Waals surface area contributed by atoms with Gasteiger partial charge in [0.25, 0.3) is 0 Å². The van der Waals surface area contributed by atoms with E-state index in [1.165, 1.54) is 61.7 Å². The third kappa shape index (κ3) is 6.76. The van der Waals surface area contributed by atoms with Crippen LogP contribution in [0.5, 0.6) is 0 Å². The van der Waals surface area contributed by atoms with Crippen molar-refractivity contribution in [1.29, 1.82) is 0 Å². The minimum absolute atomic E-state index is 0.851. The Balaban J connectivity index is 0.000000155. The molecule has 1 aromatic heterocycles. The molecule has 1 heterocycles. The van der Waals surface area contributed by atoms with Crippen molar-refractivity contribution in [3.05, 3.63) is 16.2 Å². The summed E-state index contributed by atoms with van der Waals surface area (Å²) in [7, 11) is 2.09. The number of aromatic nitrogens is 2. The third-order valence-corrected chi connectivity index (χ3v) is 7.24. The van der Waals surface area contributed by atoms with Gasteiger partial charge < -0.3 is 0 Å². The molecule has 0 aromatic carbocycles. The fourth-order valence-corrected chi connectivity index (χ4v) is 4.32. The number of halogens is 2. The van der Waals surface area contributed by atoms with Crippen molar-refractivity contribution in [2.45, 2.75) is 64.0 Å². The predicted octanol–water partition coefficient (Wildman–Crippen LogP) is 5.03. The molecule has 2 aliphatic rings. The third-order valence-electron chi connectivity index (χ3n) is 4.21. The second kappa shape index (κ2) is 9.57. The Hall–Kier alpha value is 1.32. The minimum atomic E-state index is 0.851. The average Bonchev–Trinajstić information content (AvgIpc) is 3.25. The largest absolute Gasteiger partial charge is 0.185 e. The van der Waals surface area contributed by atoms with Crippen LogP contribution in [0.15, 0.2) is 12.4 Å². The van der Waals surface area contributed by atoms with Crippen molar-refractivity contribution in [2.75, 3.05) is 0 Å². The molecule has 0 spiro atoms. The fourth-order valence-electron chi connectivity index (χ4n) is 2.66. The van der Waals surface area contributed by atoms with Crippen LogP contribution in [0.4, 0.5) is 0 Å². The molecule has 0 saturated heterocycles. The molecule has 21 heavy (non-hydrogen) atoms. The number of imidazole rings is 1. The Labute approximate surface area is 167 Å². The van der Waals surface area contributed by atoms with Crippen LogP contribution in [0.25, 0.3) is 0 Å². The van der Waals surface area contributed by atoms with E-state index in [2.05, 4.69) is 95.0 Å². The van der Waals surface area contributed by atoms with E-state index >= 15 is 0 Å². The quantitative estimate of drug-likeness (QED) is 0.246. The average molecular weight is 696 g/mol. The van der Waals surface area contributed by atoms with E-state index in [0.717, 1.165) is 12.0 Å². The van der Waals surface area contributed by atoms with Gasteiger partial charge in [0.05, 0.1) is 0 Å². The van der Waals surface area contributed by atoms with E-state index < -0.39 is 0 Å². The van der Waals surface area contributed by atoms with Crippen molar-refractivity contribution in [3.8, 4) is 0 Å². The van der Waals surface area contributed by atoms with Crippen molar-refractivity contribution in [1.82, 2.24) is 10.5 Å². The number of hydrogen-bond donors (Lipinski definition) is 0. The maximum atomic E-state index is 2.40.